The lowest BCUT2D eigenvalue weighted by Crippen LogP contribution is -2.15. The number of amides is 1. The highest BCUT2D eigenvalue weighted by Crippen LogP contribution is 2.40. The van der Waals surface area contributed by atoms with Gasteiger partial charge in [0.05, 0.1) is 28.5 Å². The van der Waals surface area contributed by atoms with E-state index >= 15 is 0 Å². The minimum absolute atomic E-state index is 0.307. The third-order valence-electron chi connectivity index (χ3n) is 4.40. The van der Waals surface area contributed by atoms with Gasteiger partial charge in [0.15, 0.2) is 0 Å². The van der Waals surface area contributed by atoms with Crippen LogP contribution in [0.5, 0.6) is 0 Å². The molecule has 2 heterocycles. The summed E-state index contributed by atoms with van der Waals surface area (Å²) >= 11 is 1.39. The van der Waals surface area contributed by atoms with Gasteiger partial charge in [-0.05, 0) is 37.3 Å². The van der Waals surface area contributed by atoms with Crippen LogP contribution in [0.3, 0.4) is 0 Å². The Morgan fingerprint density at radius 1 is 1.31 bits per heavy atom. The zero-order chi connectivity index (χ0) is 18.1. The average molecular weight is 360 g/mol. The molecule has 2 aromatic heterocycles. The molecule has 1 aliphatic carbocycles. The molecule has 0 spiro atoms. The molecule has 128 valence electrons. The number of fused-ring (bicyclic) bond motifs is 1. The van der Waals surface area contributed by atoms with Gasteiger partial charge in [-0.3, -0.25) is 9.78 Å². The van der Waals surface area contributed by atoms with E-state index in [4.69, 9.17) is 0 Å². The van der Waals surface area contributed by atoms with Crippen molar-refractivity contribution in [2.45, 2.75) is 23.8 Å². The SMILES string of the molecule is CSc1nc(C2CC2)cc(C(=O)Nc2cnc3ccccc3c2)c1C#N. The van der Waals surface area contributed by atoms with Gasteiger partial charge in [0.1, 0.15) is 11.1 Å². The second kappa shape index (κ2) is 6.77. The van der Waals surface area contributed by atoms with Gasteiger partial charge in [-0.2, -0.15) is 5.26 Å². The number of carbonyl (C=O) groups is 1. The zero-order valence-electron chi connectivity index (χ0n) is 14.2. The van der Waals surface area contributed by atoms with Crippen molar-refractivity contribution in [2.75, 3.05) is 11.6 Å². The number of nitriles is 1. The van der Waals surface area contributed by atoms with Crippen LogP contribution >= 0.6 is 11.8 Å². The fourth-order valence-electron chi connectivity index (χ4n) is 2.90. The molecule has 1 aromatic carbocycles. The number of para-hydroxylation sites is 1. The molecule has 26 heavy (non-hydrogen) atoms. The Balaban J connectivity index is 1.70. The van der Waals surface area contributed by atoms with Crippen LogP contribution in [-0.4, -0.2) is 22.1 Å². The maximum absolute atomic E-state index is 12.9. The number of hydrogen-bond donors (Lipinski definition) is 1. The number of benzene rings is 1. The van der Waals surface area contributed by atoms with Crippen LogP contribution in [0.2, 0.25) is 0 Å². The van der Waals surface area contributed by atoms with Crippen LogP contribution in [0.15, 0.2) is 47.6 Å². The first-order chi connectivity index (χ1) is 12.7. The molecular formula is C20H16N4OS. The number of anilines is 1. The largest absolute Gasteiger partial charge is 0.321 e. The first kappa shape index (κ1) is 16.6. The fourth-order valence-corrected chi connectivity index (χ4v) is 3.46. The van der Waals surface area contributed by atoms with Crippen molar-refractivity contribution in [3.63, 3.8) is 0 Å². The number of rotatable bonds is 4. The summed E-state index contributed by atoms with van der Waals surface area (Å²) in [5.41, 5.74) is 3.08. The van der Waals surface area contributed by atoms with Gasteiger partial charge in [-0.1, -0.05) is 18.2 Å². The van der Waals surface area contributed by atoms with E-state index in [0.717, 1.165) is 29.4 Å². The molecule has 5 nitrogen and oxygen atoms in total. The first-order valence-corrected chi connectivity index (χ1v) is 9.57. The molecule has 1 saturated carbocycles. The number of aromatic nitrogens is 2. The summed E-state index contributed by atoms with van der Waals surface area (Å²) in [5.74, 6) is 0.0979. The second-order valence-corrected chi connectivity index (χ2v) is 7.03. The maximum Gasteiger partial charge on any atom is 0.257 e. The summed E-state index contributed by atoms with van der Waals surface area (Å²) in [5, 5.41) is 14.0. The fraction of sp³-hybridized carbons (Fsp3) is 0.200. The van der Waals surface area contributed by atoms with E-state index in [9.17, 15) is 10.1 Å². The number of pyridine rings is 2. The van der Waals surface area contributed by atoms with Gasteiger partial charge in [0, 0.05) is 17.0 Å². The van der Waals surface area contributed by atoms with Gasteiger partial charge in [-0.25, -0.2) is 4.98 Å². The molecule has 0 bridgehead atoms. The van der Waals surface area contributed by atoms with Crippen molar-refractivity contribution in [3.8, 4) is 6.07 Å². The molecule has 0 saturated heterocycles. The standard InChI is InChI=1S/C20H16N4OS/c1-26-20-16(10-21)15(9-18(24-20)12-6-7-12)19(25)23-14-8-13-4-2-3-5-17(13)22-11-14/h2-5,8-9,11-12H,6-7H2,1H3,(H,23,25). The Bertz CT molecular complexity index is 1050. The van der Waals surface area contributed by atoms with Crippen LogP contribution in [0.1, 0.15) is 40.4 Å². The number of hydrogen-bond acceptors (Lipinski definition) is 5. The van der Waals surface area contributed by atoms with Crippen LogP contribution in [0.25, 0.3) is 10.9 Å². The van der Waals surface area contributed by atoms with Gasteiger partial charge in [0.2, 0.25) is 0 Å². The summed E-state index contributed by atoms with van der Waals surface area (Å²) in [6, 6.07) is 13.5. The Kier molecular flexibility index (Phi) is 4.31. The third kappa shape index (κ3) is 3.14. The molecule has 0 atom stereocenters. The van der Waals surface area contributed by atoms with Crippen molar-refractivity contribution in [3.05, 3.63) is 59.4 Å². The monoisotopic (exact) mass is 360 g/mol. The topological polar surface area (TPSA) is 78.7 Å². The molecule has 1 fully saturated rings. The summed E-state index contributed by atoms with van der Waals surface area (Å²) in [4.78, 5) is 21.8. The van der Waals surface area contributed by atoms with Gasteiger partial charge >= 0.3 is 0 Å². The van der Waals surface area contributed by atoms with E-state index in [1.807, 2.05) is 36.6 Å². The highest BCUT2D eigenvalue weighted by molar-refractivity contribution is 7.98. The van der Waals surface area contributed by atoms with Crippen LogP contribution in [0.4, 0.5) is 5.69 Å². The quantitative estimate of drug-likeness (QED) is 0.700. The lowest BCUT2D eigenvalue weighted by atomic mass is 10.1. The molecule has 0 aliphatic heterocycles. The molecule has 3 aromatic rings. The van der Waals surface area contributed by atoms with Crippen LogP contribution in [0, 0.1) is 11.3 Å². The summed E-state index contributed by atoms with van der Waals surface area (Å²) in [6.45, 7) is 0. The smallest absolute Gasteiger partial charge is 0.257 e. The van der Waals surface area contributed by atoms with Gasteiger partial charge in [0.25, 0.3) is 5.91 Å². The van der Waals surface area contributed by atoms with Crippen LogP contribution < -0.4 is 5.32 Å². The predicted molar refractivity (Wildman–Crippen MR) is 102 cm³/mol. The van der Waals surface area contributed by atoms with Crippen molar-refractivity contribution < 1.29 is 4.79 Å². The Morgan fingerprint density at radius 2 is 2.12 bits per heavy atom. The Morgan fingerprint density at radius 3 is 2.85 bits per heavy atom. The highest BCUT2D eigenvalue weighted by atomic mass is 32.2. The Hall–Kier alpha value is -2.91. The highest BCUT2D eigenvalue weighted by Gasteiger charge is 2.28. The molecule has 1 N–H and O–H groups in total. The van der Waals surface area contributed by atoms with E-state index < -0.39 is 0 Å². The summed E-state index contributed by atoms with van der Waals surface area (Å²) in [6.07, 6.45) is 5.67. The van der Waals surface area contributed by atoms with E-state index in [1.165, 1.54) is 11.8 Å². The first-order valence-electron chi connectivity index (χ1n) is 8.35. The van der Waals surface area contributed by atoms with Crippen molar-refractivity contribution in [2.24, 2.45) is 0 Å². The predicted octanol–water partition coefficient (Wildman–Crippen LogP) is 4.35. The second-order valence-electron chi connectivity index (χ2n) is 6.24. The number of nitrogens with one attached hydrogen (secondary N) is 1. The number of thioether (sulfide) groups is 1. The average Bonchev–Trinajstić information content (AvgIpc) is 3.52. The minimum Gasteiger partial charge on any atom is -0.321 e. The molecule has 1 aliphatic rings. The molecule has 1 amide bonds. The lowest BCUT2D eigenvalue weighted by Gasteiger charge is -2.11. The van der Waals surface area contributed by atoms with Crippen molar-refractivity contribution in [1.29, 1.82) is 5.26 Å². The van der Waals surface area contributed by atoms with Crippen LogP contribution in [-0.2, 0) is 0 Å². The van der Waals surface area contributed by atoms with Crippen molar-refractivity contribution in [1.82, 2.24) is 9.97 Å². The Labute approximate surface area is 155 Å². The third-order valence-corrected chi connectivity index (χ3v) is 5.08. The van der Waals surface area contributed by atoms with Crippen molar-refractivity contribution >= 4 is 34.3 Å². The van der Waals surface area contributed by atoms with E-state index in [1.54, 1.807) is 12.3 Å². The molecular weight excluding hydrogens is 344 g/mol. The molecule has 0 unspecified atom stereocenters. The number of carbonyl (C=O) groups excluding carboxylic acids is 1. The number of nitrogens with zero attached hydrogens (tertiary/aromatic N) is 3. The normalized spacial score (nSPS) is 13.4. The maximum atomic E-state index is 12.9. The lowest BCUT2D eigenvalue weighted by molar-refractivity contribution is 0.102. The van der Waals surface area contributed by atoms with E-state index in [-0.39, 0.29) is 5.91 Å². The molecule has 0 radical (unpaired) electrons. The zero-order valence-corrected chi connectivity index (χ0v) is 15.0. The summed E-state index contributed by atoms with van der Waals surface area (Å²) in [7, 11) is 0. The van der Waals surface area contributed by atoms with Gasteiger partial charge in [-0.15, -0.1) is 11.8 Å². The molecule has 4 rings (SSSR count). The van der Waals surface area contributed by atoms with E-state index in [0.29, 0.717) is 27.8 Å². The minimum atomic E-state index is -0.307. The van der Waals surface area contributed by atoms with E-state index in [2.05, 4.69) is 21.4 Å². The van der Waals surface area contributed by atoms with Gasteiger partial charge < -0.3 is 5.32 Å². The summed E-state index contributed by atoms with van der Waals surface area (Å²) < 4.78 is 0. The molecule has 6 heteroatoms.